The van der Waals surface area contributed by atoms with Gasteiger partial charge in [-0.25, -0.2) is 0 Å². The molecule has 4 nitrogen and oxygen atoms in total. The van der Waals surface area contributed by atoms with Crippen LogP contribution in [-0.4, -0.2) is 50.3 Å². The molecule has 2 fully saturated rings. The molecule has 0 radical (unpaired) electrons. The molecule has 0 bridgehead atoms. The maximum atomic E-state index is 5.76. The van der Waals surface area contributed by atoms with Gasteiger partial charge in [0.05, 0.1) is 6.10 Å². The predicted octanol–water partition coefficient (Wildman–Crippen LogP) is 4.57. The smallest absolute Gasteiger partial charge is 0.193 e. The van der Waals surface area contributed by atoms with E-state index in [1.807, 2.05) is 7.05 Å². The fourth-order valence-electron chi connectivity index (χ4n) is 4.03. The highest BCUT2D eigenvalue weighted by Crippen LogP contribution is 2.43. The molecule has 1 saturated heterocycles. The van der Waals surface area contributed by atoms with Crippen LogP contribution in [0.4, 0.5) is 0 Å². The highest BCUT2D eigenvalue weighted by Gasteiger charge is 2.39. The molecule has 26 heavy (non-hydrogen) atoms. The summed E-state index contributed by atoms with van der Waals surface area (Å²) in [6.45, 7) is 5.90. The van der Waals surface area contributed by atoms with Crippen molar-refractivity contribution in [1.29, 1.82) is 0 Å². The molecule has 1 saturated carbocycles. The van der Waals surface area contributed by atoms with Gasteiger partial charge in [0.2, 0.25) is 0 Å². The Morgan fingerprint density at radius 3 is 2.42 bits per heavy atom. The van der Waals surface area contributed by atoms with E-state index < -0.39 is 0 Å². The van der Waals surface area contributed by atoms with Gasteiger partial charge in [0.15, 0.2) is 5.96 Å². The number of aliphatic imine (C=N–C) groups is 1. The second-order valence-electron chi connectivity index (χ2n) is 7.18. The molecule has 0 amide bonds. The number of rotatable bonds is 5. The summed E-state index contributed by atoms with van der Waals surface area (Å²) in [5.74, 6) is 1.04. The molecule has 1 aliphatic heterocycles. The highest BCUT2D eigenvalue weighted by atomic mass is 127. The van der Waals surface area contributed by atoms with Crippen LogP contribution in [0.15, 0.2) is 33.7 Å². The normalized spacial score (nSPS) is 20.3. The minimum Gasteiger partial charge on any atom is -0.378 e. The van der Waals surface area contributed by atoms with Crippen LogP contribution in [0.1, 0.15) is 44.6 Å². The summed E-state index contributed by atoms with van der Waals surface area (Å²) in [7, 11) is 1.89. The monoisotopic (exact) mass is 535 g/mol. The summed E-state index contributed by atoms with van der Waals surface area (Å²) in [4.78, 5) is 6.91. The first-order chi connectivity index (χ1) is 12.2. The average molecular weight is 536 g/mol. The van der Waals surface area contributed by atoms with Crippen LogP contribution in [0, 0.1) is 0 Å². The summed E-state index contributed by atoms with van der Waals surface area (Å²) in [5, 5.41) is 3.67. The Hall–Kier alpha value is -0.340. The van der Waals surface area contributed by atoms with Gasteiger partial charge in [0, 0.05) is 43.2 Å². The summed E-state index contributed by atoms with van der Waals surface area (Å²) in [5.41, 5.74) is 1.71. The fraction of sp³-hybridized carbons (Fsp3) is 0.650. The van der Waals surface area contributed by atoms with E-state index in [1.165, 1.54) is 24.8 Å². The first-order valence-electron chi connectivity index (χ1n) is 9.50. The minimum absolute atomic E-state index is 0. The van der Waals surface area contributed by atoms with Crippen LogP contribution in [0.25, 0.3) is 0 Å². The van der Waals surface area contributed by atoms with Crippen molar-refractivity contribution in [2.45, 2.75) is 50.5 Å². The predicted molar refractivity (Wildman–Crippen MR) is 123 cm³/mol. The molecule has 1 aromatic rings. The third kappa shape index (κ3) is 5.13. The Labute approximate surface area is 183 Å². The molecule has 1 N–H and O–H groups in total. The first kappa shape index (κ1) is 22.0. The van der Waals surface area contributed by atoms with Crippen molar-refractivity contribution in [1.82, 2.24) is 10.2 Å². The molecule has 0 unspecified atom stereocenters. The van der Waals surface area contributed by atoms with Gasteiger partial charge in [-0.15, -0.1) is 24.0 Å². The van der Waals surface area contributed by atoms with Crippen molar-refractivity contribution in [2.24, 2.45) is 4.99 Å². The summed E-state index contributed by atoms with van der Waals surface area (Å²) >= 11 is 3.54. The molecule has 1 aliphatic carbocycles. The topological polar surface area (TPSA) is 36.9 Å². The van der Waals surface area contributed by atoms with Crippen LogP contribution < -0.4 is 5.32 Å². The van der Waals surface area contributed by atoms with E-state index in [9.17, 15) is 0 Å². The second kappa shape index (κ2) is 10.3. The van der Waals surface area contributed by atoms with Crippen LogP contribution in [0.3, 0.4) is 0 Å². The van der Waals surface area contributed by atoms with Crippen LogP contribution >= 0.6 is 39.9 Å². The van der Waals surface area contributed by atoms with Gasteiger partial charge in [-0.2, -0.15) is 0 Å². The van der Waals surface area contributed by atoms with Gasteiger partial charge in [0.1, 0.15) is 0 Å². The number of halogens is 2. The maximum absolute atomic E-state index is 5.76. The molecular weight excluding hydrogens is 505 g/mol. The Balaban J connectivity index is 0.00000243. The van der Waals surface area contributed by atoms with E-state index in [0.29, 0.717) is 6.10 Å². The number of nitrogens with one attached hydrogen (secondary N) is 1. The number of ether oxygens (including phenoxy) is 1. The lowest BCUT2D eigenvalue weighted by atomic mass is 9.64. The number of hydrogen-bond acceptors (Lipinski definition) is 2. The Morgan fingerprint density at radius 1 is 1.27 bits per heavy atom. The first-order valence-corrected chi connectivity index (χ1v) is 10.3. The van der Waals surface area contributed by atoms with E-state index in [-0.39, 0.29) is 29.4 Å². The summed E-state index contributed by atoms with van der Waals surface area (Å²) < 4.78 is 6.91. The Morgan fingerprint density at radius 2 is 1.92 bits per heavy atom. The number of guanidine groups is 1. The van der Waals surface area contributed by atoms with Crippen molar-refractivity contribution in [3.05, 3.63) is 34.3 Å². The highest BCUT2D eigenvalue weighted by molar-refractivity contribution is 14.0. The van der Waals surface area contributed by atoms with E-state index in [0.717, 1.165) is 49.5 Å². The molecule has 6 heteroatoms. The third-order valence-corrected chi connectivity index (χ3v) is 6.24. The molecule has 1 aromatic carbocycles. The zero-order chi connectivity index (χ0) is 17.7. The lowest BCUT2D eigenvalue weighted by Gasteiger charge is -2.44. The third-order valence-electron chi connectivity index (χ3n) is 5.71. The van der Waals surface area contributed by atoms with Gasteiger partial charge in [-0.05, 0) is 50.3 Å². The number of nitrogens with zero attached hydrogens (tertiary/aromatic N) is 2. The molecule has 3 rings (SSSR count). The molecule has 0 aromatic heterocycles. The Bertz CT molecular complexity index is 581. The van der Waals surface area contributed by atoms with Gasteiger partial charge in [-0.3, -0.25) is 4.99 Å². The van der Waals surface area contributed by atoms with E-state index in [1.54, 1.807) is 0 Å². The van der Waals surface area contributed by atoms with Crippen molar-refractivity contribution < 1.29 is 4.74 Å². The quantitative estimate of drug-likeness (QED) is 0.341. The number of piperidine rings is 1. The van der Waals surface area contributed by atoms with Gasteiger partial charge in [0.25, 0.3) is 0 Å². The summed E-state index contributed by atoms with van der Waals surface area (Å²) in [6.07, 6.45) is 6.42. The number of benzene rings is 1. The molecule has 146 valence electrons. The molecule has 0 spiro atoms. The minimum atomic E-state index is 0. The fourth-order valence-corrected chi connectivity index (χ4v) is 4.29. The zero-order valence-corrected chi connectivity index (χ0v) is 19.8. The molecule has 0 atom stereocenters. The lowest BCUT2D eigenvalue weighted by Crippen LogP contribution is -2.52. The average Bonchev–Trinajstić information content (AvgIpc) is 2.60. The molecule has 2 aliphatic rings. The van der Waals surface area contributed by atoms with Crippen molar-refractivity contribution in [3.63, 3.8) is 0 Å². The molecule has 1 heterocycles. The number of likely N-dealkylation sites (tertiary alicyclic amines) is 1. The number of hydrogen-bond donors (Lipinski definition) is 1. The van der Waals surface area contributed by atoms with E-state index in [4.69, 9.17) is 4.74 Å². The second-order valence-corrected chi connectivity index (χ2v) is 8.10. The largest absolute Gasteiger partial charge is 0.378 e. The van der Waals surface area contributed by atoms with Crippen molar-refractivity contribution in [3.8, 4) is 0 Å². The van der Waals surface area contributed by atoms with Gasteiger partial charge < -0.3 is 15.0 Å². The standard InChI is InChI=1S/C20H30BrN3O.HI/c1-3-25-18-9-13-24(14-10-18)19(22-2)23-15-20(11-4-12-20)16-5-7-17(21)8-6-16;/h5-8,18H,3-4,9-15H2,1-2H3,(H,22,23);1H. The van der Waals surface area contributed by atoms with Gasteiger partial charge >= 0.3 is 0 Å². The maximum Gasteiger partial charge on any atom is 0.193 e. The van der Waals surface area contributed by atoms with E-state index in [2.05, 4.69) is 62.3 Å². The SMILES string of the molecule is CCOC1CCN(C(=NC)NCC2(c3ccc(Br)cc3)CCC2)CC1.I. The Kier molecular flexibility index (Phi) is 8.67. The summed E-state index contributed by atoms with van der Waals surface area (Å²) in [6, 6.07) is 8.84. The van der Waals surface area contributed by atoms with Crippen LogP contribution in [0.2, 0.25) is 0 Å². The van der Waals surface area contributed by atoms with Crippen molar-refractivity contribution in [2.75, 3.05) is 33.3 Å². The molecular formula is C20H31BrIN3O. The zero-order valence-electron chi connectivity index (χ0n) is 15.8. The lowest BCUT2D eigenvalue weighted by molar-refractivity contribution is 0.0262. The van der Waals surface area contributed by atoms with Gasteiger partial charge in [-0.1, -0.05) is 34.5 Å². The van der Waals surface area contributed by atoms with Crippen molar-refractivity contribution >= 4 is 45.9 Å². The van der Waals surface area contributed by atoms with E-state index >= 15 is 0 Å². The van der Waals surface area contributed by atoms with Crippen LogP contribution in [0.5, 0.6) is 0 Å². The van der Waals surface area contributed by atoms with Crippen LogP contribution in [-0.2, 0) is 10.2 Å².